The van der Waals surface area contributed by atoms with Crippen molar-refractivity contribution in [3.05, 3.63) is 0 Å². The van der Waals surface area contributed by atoms with Gasteiger partial charge in [-0.25, -0.2) is 0 Å². The van der Waals surface area contributed by atoms with E-state index in [-0.39, 0.29) is 0 Å². The van der Waals surface area contributed by atoms with Gasteiger partial charge in [-0.2, -0.15) is 0 Å². The zero-order valence-electron chi connectivity index (χ0n) is 12.5. The van der Waals surface area contributed by atoms with E-state index in [1.165, 1.54) is 6.42 Å². The molecule has 17 heavy (non-hydrogen) atoms. The summed E-state index contributed by atoms with van der Waals surface area (Å²) >= 11 is 0. The van der Waals surface area contributed by atoms with Gasteiger partial charge < -0.3 is 10.2 Å². The van der Waals surface area contributed by atoms with Crippen molar-refractivity contribution in [3.8, 4) is 0 Å². The van der Waals surface area contributed by atoms with E-state index in [0.717, 1.165) is 12.8 Å². The first kappa shape index (κ1) is 15.2. The molecule has 2 unspecified atom stereocenters. The molecule has 0 aromatic carbocycles. The summed E-state index contributed by atoms with van der Waals surface area (Å²) in [6, 6.07) is 0.373. The molecule has 102 valence electrons. The van der Waals surface area contributed by atoms with Crippen LogP contribution in [-0.4, -0.2) is 20.5 Å². The maximum Gasteiger partial charge on any atom is 0.200 e. The Labute approximate surface area is 108 Å². The molecule has 0 aromatic heterocycles. The number of hydrogen-bond donors (Lipinski definition) is 1. The van der Waals surface area contributed by atoms with Gasteiger partial charge in [0.2, 0.25) is 8.32 Å². The Hall–Kier alpha value is 0.137. The molecule has 0 saturated heterocycles. The van der Waals surface area contributed by atoms with Gasteiger partial charge in [0, 0.05) is 12.1 Å². The van der Waals surface area contributed by atoms with Crippen LogP contribution in [-0.2, 0) is 4.43 Å². The lowest BCUT2D eigenvalue weighted by molar-refractivity contribution is 0.179. The average Bonchev–Trinajstić information content (AvgIpc) is 2.58. The molecule has 3 heteroatoms. The third-order valence-corrected chi connectivity index (χ3v) is 10.7. The second kappa shape index (κ2) is 5.85. The van der Waals surface area contributed by atoms with Gasteiger partial charge in [0.1, 0.15) is 0 Å². The largest absolute Gasteiger partial charge is 0.413 e. The molecule has 0 heterocycles. The van der Waals surface area contributed by atoms with Crippen LogP contribution in [0.3, 0.4) is 0 Å². The van der Waals surface area contributed by atoms with Crippen LogP contribution in [0.1, 0.15) is 60.8 Å². The summed E-state index contributed by atoms with van der Waals surface area (Å²) in [4.78, 5) is 0. The molecule has 1 aliphatic rings. The summed E-state index contributed by atoms with van der Waals surface area (Å²) in [5.74, 6) is 0. The molecule has 0 aromatic rings. The zero-order valence-corrected chi connectivity index (χ0v) is 13.5. The Kier molecular flexibility index (Phi) is 5.23. The van der Waals surface area contributed by atoms with Gasteiger partial charge in [-0.15, -0.1) is 0 Å². The summed E-state index contributed by atoms with van der Waals surface area (Å²) in [7, 11) is -1.68. The molecule has 1 fully saturated rings. The summed E-state index contributed by atoms with van der Waals surface area (Å²) in [6.07, 6.45) is 3.82. The topological polar surface area (TPSA) is 35.2 Å². The first-order chi connectivity index (χ1) is 7.80. The highest BCUT2D eigenvalue weighted by atomic mass is 28.4. The second-order valence-corrected chi connectivity index (χ2v) is 12.0. The second-order valence-electron chi connectivity index (χ2n) is 6.63. The van der Waals surface area contributed by atoms with Crippen molar-refractivity contribution >= 4 is 8.32 Å². The van der Waals surface area contributed by atoms with E-state index in [1.54, 1.807) is 0 Å². The first-order valence-electron chi connectivity index (χ1n) is 7.24. The van der Waals surface area contributed by atoms with Gasteiger partial charge in [-0.3, -0.25) is 0 Å². The molecule has 2 N–H and O–H groups in total. The third-order valence-electron chi connectivity index (χ3n) is 4.50. The van der Waals surface area contributed by atoms with E-state index in [4.69, 9.17) is 10.2 Å². The van der Waals surface area contributed by atoms with Crippen LogP contribution in [0, 0.1) is 0 Å². The lowest BCUT2D eigenvalue weighted by Gasteiger charge is -2.44. The molecule has 0 radical (unpaired) electrons. The van der Waals surface area contributed by atoms with Gasteiger partial charge in [0.25, 0.3) is 0 Å². The molecular formula is C14H31NOSi. The minimum atomic E-state index is -1.68. The molecule has 0 aliphatic heterocycles. The maximum absolute atomic E-state index is 6.71. The van der Waals surface area contributed by atoms with E-state index >= 15 is 0 Å². The zero-order chi connectivity index (χ0) is 13.2. The predicted molar refractivity (Wildman–Crippen MR) is 77.7 cm³/mol. The Morgan fingerprint density at radius 1 is 0.941 bits per heavy atom. The monoisotopic (exact) mass is 257 g/mol. The van der Waals surface area contributed by atoms with E-state index < -0.39 is 8.32 Å². The fourth-order valence-electron chi connectivity index (χ4n) is 3.78. The highest BCUT2D eigenvalue weighted by molar-refractivity contribution is 6.77. The van der Waals surface area contributed by atoms with E-state index in [0.29, 0.717) is 28.8 Å². The molecular weight excluding hydrogens is 226 g/mol. The highest BCUT2D eigenvalue weighted by Crippen LogP contribution is 2.44. The lowest BCUT2D eigenvalue weighted by atomic mass is 10.3. The molecule has 1 aliphatic carbocycles. The van der Waals surface area contributed by atoms with Gasteiger partial charge in [-0.1, -0.05) is 41.5 Å². The van der Waals surface area contributed by atoms with Gasteiger partial charge in [-0.05, 0) is 35.9 Å². The van der Waals surface area contributed by atoms with Crippen molar-refractivity contribution in [2.75, 3.05) is 0 Å². The maximum atomic E-state index is 6.71. The molecule has 2 atom stereocenters. The highest BCUT2D eigenvalue weighted by Gasteiger charge is 2.47. The van der Waals surface area contributed by atoms with Crippen LogP contribution in [0.2, 0.25) is 16.6 Å². The van der Waals surface area contributed by atoms with Crippen molar-refractivity contribution in [1.29, 1.82) is 0 Å². The molecule has 1 saturated carbocycles. The fraction of sp³-hybridized carbons (Fsp3) is 1.00. The van der Waals surface area contributed by atoms with Crippen LogP contribution < -0.4 is 5.73 Å². The van der Waals surface area contributed by atoms with Crippen LogP contribution in [0.25, 0.3) is 0 Å². The minimum Gasteiger partial charge on any atom is -0.413 e. The summed E-state index contributed by atoms with van der Waals surface area (Å²) in [5, 5.41) is 0. The standard InChI is InChI=1S/C14H31NOSi/c1-10(2)17(11(3)4,12(5)6)16-14-8-7-13(15)9-14/h10-14H,7-9,15H2,1-6H3. The van der Waals surface area contributed by atoms with Crippen LogP contribution in [0.5, 0.6) is 0 Å². The van der Waals surface area contributed by atoms with Crippen molar-refractivity contribution < 1.29 is 4.43 Å². The lowest BCUT2D eigenvalue weighted by Crippen LogP contribution is -2.50. The SMILES string of the molecule is CC(C)[Si](OC1CCC(N)C1)(C(C)C)C(C)C. The quantitative estimate of drug-likeness (QED) is 0.754. The van der Waals surface area contributed by atoms with Crippen LogP contribution >= 0.6 is 0 Å². The van der Waals surface area contributed by atoms with E-state index in [9.17, 15) is 0 Å². The Bertz CT molecular complexity index is 219. The molecule has 0 spiro atoms. The van der Waals surface area contributed by atoms with Crippen LogP contribution in [0.15, 0.2) is 0 Å². The Morgan fingerprint density at radius 2 is 1.41 bits per heavy atom. The van der Waals surface area contributed by atoms with Crippen molar-refractivity contribution in [2.24, 2.45) is 5.73 Å². The Morgan fingerprint density at radius 3 is 1.71 bits per heavy atom. The molecule has 2 nitrogen and oxygen atoms in total. The smallest absolute Gasteiger partial charge is 0.200 e. The summed E-state index contributed by atoms with van der Waals surface area (Å²) in [5.41, 5.74) is 8.05. The Balaban J connectivity index is 2.82. The number of nitrogens with two attached hydrogens (primary N) is 1. The summed E-state index contributed by atoms with van der Waals surface area (Å²) in [6.45, 7) is 14.1. The number of hydrogen-bond acceptors (Lipinski definition) is 2. The number of rotatable bonds is 5. The molecule has 0 bridgehead atoms. The molecule has 1 rings (SSSR count). The van der Waals surface area contributed by atoms with Crippen molar-refractivity contribution in [3.63, 3.8) is 0 Å². The summed E-state index contributed by atoms with van der Waals surface area (Å²) < 4.78 is 6.71. The van der Waals surface area contributed by atoms with Gasteiger partial charge in [0.05, 0.1) is 0 Å². The molecule has 0 amide bonds. The van der Waals surface area contributed by atoms with Gasteiger partial charge >= 0.3 is 0 Å². The van der Waals surface area contributed by atoms with E-state index in [2.05, 4.69) is 41.5 Å². The minimum absolute atomic E-state index is 0.373. The first-order valence-corrected chi connectivity index (χ1v) is 9.38. The van der Waals surface area contributed by atoms with E-state index in [1.807, 2.05) is 0 Å². The average molecular weight is 257 g/mol. The van der Waals surface area contributed by atoms with Crippen molar-refractivity contribution in [1.82, 2.24) is 0 Å². The van der Waals surface area contributed by atoms with Gasteiger partial charge in [0.15, 0.2) is 0 Å². The fourth-order valence-corrected chi connectivity index (χ4v) is 9.39. The predicted octanol–water partition coefficient (Wildman–Crippen LogP) is 4.06. The van der Waals surface area contributed by atoms with Crippen molar-refractivity contribution in [2.45, 2.75) is 89.6 Å². The normalized spacial score (nSPS) is 26.5. The van der Waals surface area contributed by atoms with Crippen LogP contribution in [0.4, 0.5) is 0 Å². The third kappa shape index (κ3) is 3.12.